The molecule has 1 aromatic carbocycles. The van der Waals surface area contributed by atoms with E-state index in [-0.39, 0.29) is 0 Å². The van der Waals surface area contributed by atoms with Crippen LogP contribution in [0.1, 0.15) is 12.5 Å². The Kier molecular flexibility index (Phi) is 4.19. The number of rotatable bonds is 4. The highest BCUT2D eigenvalue weighted by Gasteiger charge is 2.20. The van der Waals surface area contributed by atoms with Crippen LogP contribution in [0, 0.1) is 0 Å². The highest BCUT2D eigenvalue weighted by atomic mass is 35.5. The second-order valence-electron chi connectivity index (χ2n) is 5.42. The standard InChI is InChI=1S/C16H17ClN4O3/c1-4-24-15-18-13-12(14(22)20(3)16(23)19(13)2)21(15)9-10-5-7-11(17)8-6-10/h5-8H,4,9H2,1-3H3. The summed E-state index contributed by atoms with van der Waals surface area (Å²) in [6.45, 7) is 2.62. The van der Waals surface area contributed by atoms with Crippen LogP contribution >= 0.6 is 11.6 Å². The van der Waals surface area contributed by atoms with Crippen molar-refractivity contribution in [2.24, 2.45) is 14.1 Å². The van der Waals surface area contributed by atoms with Gasteiger partial charge in [-0.05, 0) is 24.6 Å². The first-order chi connectivity index (χ1) is 11.4. The Balaban J connectivity index is 2.28. The number of aromatic nitrogens is 4. The van der Waals surface area contributed by atoms with Crippen molar-refractivity contribution < 1.29 is 4.74 Å². The molecule has 3 rings (SSSR count). The molecule has 126 valence electrons. The molecule has 2 aromatic heterocycles. The van der Waals surface area contributed by atoms with Crippen molar-refractivity contribution in [3.8, 4) is 6.01 Å². The maximum absolute atomic E-state index is 12.6. The normalized spacial score (nSPS) is 11.2. The monoisotopic (exact) mass is 348 g/mol. The van der Waals surface area contributed by atoms with Crippen LogP contribution in [0.2, 0.25) is 5.02 Å². The van der Waals surface area contributed by atoms with Crippen molar-refractivity contribution in [3.05, 3.63) is 55.7 Å². The number of halogens is 1. The Morgan fingerprint density at radius 1 is 1.12 bits per heavy atom. The molecule has 0 fully saturated rings. The molecule has 7 nitrogen and oxygen atoms in total. The Labute approximate surface area is 142 Å². The number of hydrogen-bond acceptors (Lipinski definition) is 4. The van der Waals surface area contributed by atoms with Gasteiger partial charge in [-0.3, -0.25) is 18.5 Å². The zero-order valence-corrected chi connectivity index (χ0v) is 14.4. The summed E-state index contributed by atoms with van der Waals surface area (Å²) in [4.78, 5) is 29.0. The molecule has 3 aromatic rings. The van der Waals surface area contributed by atoms with Gasteiger partial charge in [0.1, 0.15) is 0 Å². The van der Waals surface area contributed by atoms with E-state index in [1.54, 1.807) is 23.7 Å². The molecular formula is C16H17ClN4O3. The average Bonchev–Trinajstić information content (AvgIpc) is 2.92. The summed E-state index contributed by atoms with van der Waals surface area (Å²) in [5.41, 5.74) is 0.751. The van der Waals surface area contributed by atoms with E-state index in [1.165, 1.54) is 11.6 Å². The van der Waals surface area contributed by atoms with E-state index < -0.39 is 11.2 Å². The Bertz CT molecular complexity index is 1010. The molecular weight excluding hydrogens is 332 g/mol. The van der Waals surface area contributed by atoms with E-state index in [0.29, 0.717) is 35.3 Å². The Morgan fingerprint density at radius 3 is 2.42 bits per heavy atom. The summed E-state index contributed by atoms with van der Waals surface area (Å²) in [7, 11) is 3.03. The van der Waals surface area contributed by atoms with Gasteiger partial charge in [-0.25, -0.2) is 4.79 Å². The van der Waals surface area contributed by atoms with E-state index in [4.69, 9.17) is 16.3 Å². The lowest BCUT2D eigenvalue weighted by atomic mass is 10.2. The molecule has 0 amide bonds. The molecule has 0 saturated heterocycles. The molecule has 0 saturated carbocycles. The Morgan fingerprint density at radius 2 is 1.79 bits per heavy atom. The van der Waals surface area contributed by atoms with Crippen LogP contribution in [0.5, 0.6) is 6.01 Å². The molecule has 0 radical (unpaired) electrons. The third-order valence-corrected chi connectivity index (χ3v) is 4.09. The summed E-state index contributed by atoms with van der Waals surface area (Å²) >= 11 is 5.92. The molecule has 2 heterocycles. The topological polar surface area (TPSA) is 71.1 Å². The lowest BCUT2D eigenvalue weighted by Crippen LogP contribution is -2.37. The maximum Gasteiger partial charge on any atom is 0.332 e. The van der Waals surface area contributed by atoms with Gasteiger partial charge in [0.05, 0.1) is 13.2 Å². The first-order valence-corrected chi connectivity index (χ1v) is 7.85. The minimum Gasteiger partial charge on any atom is -0.465 e. The van der Waals surface area contributed by atoms with Crippen LogP contribution in [0.15, 0.2) is 33.9 Å². The second-order valence-corrected chi connectivity index (χ2v) is 5.85. The van der Waals surface area contributed by atoms with Crippen molar-refractivity contribution in [1.82, 2.24) is 18.7 Å². The summed E-state index contributed by atoms with van der Waals surface area (Å²) in [5, 5.41) is 0.637. The van der Waals surface area contributed by atoms with E-state index in [0.717, 1.165) is 10.1 Å². The molecule has 0 bridgehead atoms. The number of ether oxygens (including phenoxy) is 1. The molecule has 0 aliphatic heterocycles. The van der Waals surface area contributed by atoms with Crippen molar-refractivity contribution in [2.45, 2.75) is 13.5 Å². The quantitative estimate of drug-likeness (QED) is 0.717. The van der Waals surface area contributed by atoms with E-state index in [9.17, 15) is 9.59 Å². The Hall–Kier alpha value is -2.54. The van der Waals surface area contributed by atoms with Crippen LogP contribution in [-0.2, 0) is 20.6 Å². The fourth-order valence-corrected chi connectivity index (χ4v) is 2.71. The third kappa shape index (κ3) is 2.60. The van der Waals surface area contributed by atoms with Gasteiger partial charge in [0, 0.05) is 19.1 Å². The van der Waals surface area contributed by atoms with Crippen LogP contribution in [0.25, 0.3) is 11.2 Å². The minimum atomic E-state index is -0.424. The van der Waals surface area contributed by atoms with Gasteiger partial charge in [-0.15, -0.1) is 0 Å². The number of nitrogens with zero attached hydrogens (tertiary/aromatic N) is 4. The first kappa shape index (κ1) is 16.3. The summed E-state index contributed by atoms with van der Waals surface area (Å²) in [6.07, 6.45) is 0. The molecule has 0 N–H and O–H groups in total. The van der Waals surface area contributed by atoms with Crippen LogP contribution in [0.3, 0.4) is 0 Å². The van der Waals surface area contributed by atoms with Gasteiger partial charge in [-0.1, -0.05) is 23.7 Å². The zero-order chi connectivity index (χ0) is 17.4. The second kappa shape index (κ2) is 6.16. The summed E-state index contributed by atoms with van der Waals surface area (Å²) in [5.74, 6) is 0. The van der Waals surface area contributed by atoms with E-state index >= 15 is 0 Å². The molecule has 0 aliphatic rings. The van der Waals surface area contributed by atoms with Gasteiger partial charge in [0.2, 0.25) is 0 Å². The van der Waals surface area contributed by atoms with E-state index in [2.05, 4.69) is 4.98 Å². The maximum atomic E-state index is 12.6. The number of imidazole rings is 1. The molecule has 0 atom stereocenters. The molecule has 24 heavy (non-hydrogen) atoms. The fraction of sp³-hybridized carbons (Fsp3) is 0.312. The number of benzene rings is 1. The van der Waals surface area contributed by atoms with Gasteiger partial charge in [-0.2, -0.15) is 4.98 Å². The van der Waals surface area contributed by atoms with Gasteiger partial charge in [0.15, 0.2) is 11.2 Å². The molecule has 0 aliphatic carbocycles. The van der Waals surface area contributed by atoms with Crippen LogP contribution in [-0.4, -0.2) is 25.3 Å². The molecule has 8 heteroatoms. The fourth-order valence-electron chi connectivity index (χ4n) is 2.58. The largest absolute Gasteiger partial charge is 0.465 e. The SMILES string of the molecule is CCOc1nc2c(c(=O)n(C)c(=O)n2C)n1Cc1ccc(Cl)cc1. The van der Waals surface area contributed by atoms with Crippen molar-refractivity contribution in [3.63, 3.8) is 0 Å². The van der Waals surface area contributed by atoms with Gasteiger partial charge in [0.25, 0.3) is 11.6 Å². The minimum absolute atomic E-state index is 0.306. The first-order valence-electron chi connectivity index (χ1n) is 7.47. The van der Waals surface area contributed by atoms with Crippen LogP contribution < -0.4 is 16.0 Å². The zero-order valence-electron chi connectivity index (χ0n) is 13.6. The number of fused-ring (bicyclic) bond motifs is 1. The highest BCUT2D eigenvalue weighted by Crippen LogP contribution is 2.20. The summed E-state index contributed by atoms with van der Waals surface area (Å²) in [6, 6.07) is 7.61. The summed E-state index contributed by atoms with van der Waals surface area (Å²) < 4.78 is 9.67. The van der Waals surface area contributed by atoms with Gasteiger partial charge < -0.3 is 4.74 Å². The highest BCUT2D eigenvalue weighted by molar-refractivity contribution is 6.30. The number of hydrogen-bond donors (Lipinski definition) is 0. The third-order valence-electron chi connectivity index (χ3n) is 3.84. The van der Waals surface area contributed by atoms with E-state index in [1.807, 2.05) is 19.1 Å². The lowest BCUT2D eigenvalue weighted by molar-refractivity contribution is 0.301. The molecule has 0 spiro atoms. The number of aryl methyl sites for hydroxylation is 1. The smallest absolute Gasteiger partial charge is 0.332 e. The predicted octanol–water partition coefficient (Wildman–Crippen LogP) is 1.53. The van der Waals surface area contributed by atoms with Crippen molar-refractivity contribution >= 4 is 22.8 Å². The van der Waals surface area contributed by atoms with Crippen molar-refractivity contribution in [1.29, 1.82) is 0 Å². The van der Waals surface area contributed by atoms with Crippen LogP contribution in [0.4, 0.5) is 0 Å². The van der Waals surface area contributed by atoms with Crippen molar-refractivity contribution in [2.75, 3.05) is 6.61 Å². The van der Waals surface area contributed by atoms with Gasteiger partial charge >= 0.3 is 5.69 Å². The lowest BCUT2D eigenvalue weighted by Gasteiger charge is -2.09. The predicted molar refractivity (Wildman–Crippen MR) is 91.9 cm³/mol. The molecule has 0 unspecified atom stereocenters. The average molecular weight is 349 g/mol.